The van der Waals surface area contributed by atoms with E-state index in [0.717, 1.165) is 32.3 Å². The highest BCUT2D eigenvalue weighted by Gasteiger charge is 2.42. The van der Waals surface area contributed by atoms with Crippen molar-refractivity contribution in [3.63, 3.8) is 0 Å². The minimum absolute atomic E-state index is 0.436. The zero-order valence-corrected chi connectivity index (χ0v) is 23.0. The number of halogens is 2. The van der Waals surface area contributed by atoms with E-state index < -0.39 is 11.5 Å². The van der Waals surface area contributed by atoms with Gasteiger partial charge in [-0.1, -0.05) is 82.1 Å². The average Bonchev–Trinajstić information content (AvgIpc) is 2.89. The van der Waals surface area contributed by atoms with Gasteiger partial charge in [0.25, 0.3) is 0 Å². The Kier molecular flexibility index (Phi) is 8.47. The van der Waals surface area contributed by atoms with Gasteiger partial charge in [0.15, 0.2) is 0 Å². The third-order valence-corrected chi connectivity index (χ3v) is 7.24. The molecule has 0 aliphatic heterocycles. The first kappa shape index (κ1) is 26.4. The van der Waals surface area contributed by atoms with Crippen LogP contribution in [0.5, 0.6) is 5.88 Å². The van der Waals surface area contributed by atoms with Crippen LogP contribution in [-0.4, -0.2) is 42.7 Å². The first-order valence-electron chi connectivity index (χ1n) is 11.8. The number of pyridine rings is 1. The Labute approximate surface area is 226 Å². The molecule has 0 radical (unpaired) electrons. The van der Waals surface area contributed by atoms with Crippen LogP contribution < -0.4 is 4.74 Å². The molecule has 1 heterocycles. The van der Waals surface area contributed by atoms with Crippen molar-refractivity contribution in [2.45, 2.75) is 17.9 Å². The number of benzene rings is 3. The largest absolute Gasteiger partial charge is 0.481 e. The summed E-state index contributed by atoms with van der Waals surface area (Å²) in [6.07, 6.45) is 2.31. The molecule has 6 heteroatoms. The lowest BCUT2D eigenvalue weighted by atomic mass is 9.71. The molecule has 0 spiro atoms. The zero-order chi connectivity index (χ0) is 25.7. The number of aliphatic hydroxyl groups is 1. The molecule has 0 aliphatic carbocycles. The summed E-state index contributed by atoms with van der Waals surface area (Å²) in [4.78, 5) is 6.76. The first-order chi connectivity index (χ1) is 17.3. The molecule has 0 bridgehead atoms. The summed E-state index contributed by atoms with van der Waals surface area (Å²) >= 11 is 9.67. The Morgan fingerprint density at radius 3 is 2.25 bits per heavy atom. The van der Waals surface area contributed by atoms with Crippen LogP contribution >= 0.6 is 27.5 Å². The summed E-state index contributed by atoms with van der Waals surface area (Å²) in [6, 6.07) is 27.8. The van der Waals surface area contributed by atoms with Gasteiger partial charge < -0.3 is 14.7 Å². The minimum atomic E-state index is -1.24. The van der Waals surface area contributed by atoms with Crippen LogP contribution in [0.1, 0.15) is 29.0 Å². The molecule has 2 atom stereocenters. The summed E-state index contributed by atoms with van der Waals surface area (Å²) in [5, 5.41) is 13.3. The van der Waals surface area contributed by atoms with Crippen molar-refractivity contribution in [3.05, 3.63) is 117 Å². The maximum absolute atomic E-state index is 12.7. The quantitative estimate of drug-likeness (QED) is 0.234. The van der Waals surface area contributed by atoms with Gasteiger partial charge in [0, 0.05) is 39.3 Å². The number of aromatic nitrogens is 1. The van der Waals surface area contributed by atoms with Gasteiger partial charge in [0.1, 0.15) is 5.60 Å². The van der Waals surface area contributed by atoms with Crippen LogP contribution in [0.25, 0.3) is 11.1 Å². The summed E-state index contributed by atoms with van der Waals surface area (Å²) < 4.78 is 6.73. The van der Waals surface area contributed by atoms with Crippen molar-refractivity contribution in [1.29, 1.82) is 0 Å². The normalized spacial score (nSPS) is 13.9. The maximum atomic E-state index is 12.7. The second-order valence-corrected chi connectivity index (χ2v) is 10.5. The fraction of sp³-hybridized carbons (Fsp3) is 0.233. The van der Waals surface area contributed by atoms with Crippen molar-refractivity contribution in [3.8, 4) is 17.0 Å². The lowest BCUT2D eigenvalue weighted by molar-refractivity contribution is 0.00376. The molecule has 1 N–H and O–H groups in total. The molecule has 3 aromatic carbocycles. The van der Waals surface area contributed by atoms with E-state index >= 15 is 0 Å². The first-order valence-corrected chi connectivity index (χ1v) is 13.0. The highest BCUT2D eigenvalue weighted by atomic mass is 79.9. The molecule has 1 aromatic heterocycles. The summed E-state index contributed by atoms with van der Waals surface area (Å²) in [5.41, 5.74) is 3.31. The number of nitrogens with zero attached hydrogens (tertiary/aromatic N) is 2. The van der Waals surface area contributed by atoms with Gasteiger partial charge in [-0.05, 0) is 67.5 Å². The Morgan fingerprint density at radius 2 is 1.64 bits per heavy atom. The number of ether oxygens (including phenoxy) is 1. The number of methoxy groups -OCH3 is 1. The van der Waals surface area contributed by atoms with Gasteiger partial charge in [-0.2, -0.15) is 0 Å². The van der Waals surface area contributed by atoms with Gasteiger partial charge in [0.2, 0.25) is 5.88 Å². The Hall–Kier alpha value is -2.70. The van der Waals surface area contributed by atoms with Crippen LogP contribution in [0, 0.1) is 0 Å². The number of rotatable bonds is 9. The van der Waals surface area contributed by atoms with Crippen LogP contribution in [0.15, 0.2) is 95.6 Å². The topological polar surface area (TPSA) is 45.6 Å². The van der Waals surface area contributed by atoms with Crippen LogP contribution in [0.3, 0.4) is 0 Å². The van der Waals surface area contributed by atoms with Gasteiger partial charge in [0.05, 0.1) is 7.11 Å². The minimum Gasteiger partial charge on any atom is -0.481 e. The summed E-state index contributed by atoms with van der Waals surface area (Å²) in [7, 11) is 5.65. The van der Waals surface area contributed by atoms with E-state index in [0.29, 0.717) is 23.9 Å². The van der Waals surface area contributed by atoms with Gasteiger partial charge in [-0.25, -0.2) is 4.98 Å². The molecular formula is C30H30BrClN2O2. The van der Waals surface area contributed by atoms with Gasteiger partial charge in [-0.3, -0.25) is 0 Å². The van der Waals surface area contributed by atoms with E-state index in [1.807, 2.05) is 80.8 Å². The van der Waals surface area contributed by atoms with E-state index in [-0.39, 0.29) is 0 Å². The highest BCUT2D eigenvalue weighted by Crippen LogP contribution is 2.47. The second kappa shape index (κ2) is 11.6. The fourth-order valence-corrected chi connectivity index (χ4v) is 4.98. The zero-order valence-electron chi connectivity index (χ0n) is 20.7. The molecule has 4 nitrogen and oxygen atoms in total. The van der Waals surface area contributed by atoms with Crippen LogP contribution in [-0.2, 0) is 5.60 Å². The third kappa shape index (κ3) is 5.81. The molecule has 0 saturated heterocycles. The molecule has 4 rings (SSSR count). The monoisotopic (exact) mass is 564 g/mol. The third-order valence-electron chi connectivity index (χ3n) is 6.46. The second-order valence-electron chi connectivity index (χ2n) is 9.16. The maximum Gasteiger partial charge on any atom is 0.217 e. The Balaban J connectivity index is 1.96. The van der Waals surface area contributed by atoms with E-state index in [1.54, 1.807) is 13.3 Å². The van der Waals surface area contributed by atoms with Crippen molar-refractivity contribution >= 4 is 27.5 Å². The smallest absolute Gasteiger partial charge is 0.217 e. The molecule has 4 aromatic rings. The summed E-state index contributed by atoms with van der Waals surface area (Å²) in [6.45, 7) is 0.697. The standard InChI is InChI=1S/C30H30BrClN2O2/c1-34(2)18-17-30(35,24-11-13-25(31)14-12-24)28(22-7-5-4-6-8-22)27-19-23(20-33-29(27)36-3)21-9-15-26(32)16-10-21/h4-16,19-20,28,35H,17-18H2,1-3H3. The van der Waals surface area contributed by atoms with Gasteiger partial charge >= 0.3 is 0 Å². The molecule has 0 fully saturated rings. The van der Waals surface area contributed by atoms with E-state index in [2.05, 4.69) is 44.0 Å². The van der Waals surface area contributed by atoms with Crippen molar-refractivity contribution in [1.82, 2.24) is 9.88 Å². The predicted molar refractivity (Wildman–Crippen MR) is 151 cm³/mol. The molecule has 36 heavy (non-hydrogen) atoms. The predicted octanol–water partition coefficient (Wildman–Crippen LogP) is 7.14. The van der Waals surface area contributed by atoms with Crippen molar-refractivity contribution in [2.75, 3.05) is 27.7 Å². The summed E-state index contributed by atoms with van der Waals surface area (Å²) in [5.74, 6) is 0.0523. The average molecular weight is 566 g/mol. The fourth-order valence-electron chi connectivity index (χ4n) is 4.59. The van der Waals surface area contributed by atoms with Crippen LogP contribution in [0.4, 0.5) is 0 Å². The van der Waals surface area contributed by atoms with Crippen LogP contribution in [0.2, 0.25) is 5.02 Å². The SMILES string of the molecule is COc1ncc(-c2ccc(Cl)cc2)cc1C(c1ccccc1)C(O)(CCN(C)C)c1ccc(Br)cc1. The Morgan fingerprint density at radius 1 is 0.972 bits per heavy atom. The van der Waals surface area contributed by atoms with E-state index in [1.165, 1.54) is 0 Å². The number of hydrogen-bond donors (Lipinski definition) is 1. The lowest BCUT2D eigenvalue weighted by Gasteiger charge is -2.39. The number of hydrogen-bond acceptors (Lipinski definition) is 4. The highest BCUT2D eigenvalue weighted by molar-refractivity contribution is 9.10. The molecule has 0 amide bonds. The van der Waals surface area contributed by atoms with Crippen molar-refractivity contribution < 1.29 is 9.84 Å². The van der Waals surface area contributed by atoms with E-state index in [4.69, 9.17) is 16.3 Å². The molecule has 0 saturated carbocycles. The van der Waals surface area contributed by atoms with E-state index in [9.17, 15) is 5.11 Å². The molecule has 0 aliphatic rings. The Bertz CT molecular complexity index is 1280. The molecular weight excluding hydrogens is 536 g/mol. The lowest BCUT2D eigenvalue weighted by Crippen LogP contribution is -2.37. The molecule has 2 unspecified atom stereocenters. The molecule has 186 valence electrons. The van der Waals surface area contributed by atoms with Crippen molar-refractivity contribution in [2.24, 2.45) is 0 Å². The van der Waals surface area contributed by atoms with Gasteiger partial charge in [-0.15, -0.1) is 0 Å².